The van der Waals surface area contributed by atoms with E-state index in [1.807, 2.05) is 24.3 Å². The van der Waals surface area contributed by atoms with Crippen LogP contribution in [-0.2, 0) is 9.22 Å². The first-order valence-corrected chi connectivity index (χ1v) is 12.4. The lowest BCUT2D eigenvalue weighted by Crippen LogP contribution is -2.65. The summed E-state index contributed by atoms with van der Waals surface area (Å²) in [6.07, 6.45) is 2.52. The number of amides is 1. The fourth-order valence-electron chi connectivity index (χ4n) is 4.88. The second kappa shape index (κ2) is 8.32. The Morgan fingerprint density at radius 2 is 1.62 bits per heavy atom. The fraction of sp³-hybridized carbons (Fsp3) is 0.545. The van der Waals surface area contributed by atoms with E-state index in [0.717, 1.165) is 11.4 Å². The number of carbonyl (C=O) groups excluding carboxylic acids is 1. The maximum Gasteiger partial charge on any atom is 0.258 e. The summed E-state index contributed by atoms with van der Waals surface area (Å²) in [4.78, 5) is 19.1. The molecule has 2 aromatic rings. The van der Waals surface area contributed by atoms with Gasteiger partial charge in [-0.1, -0.05) is 41.5 Å². The Hall–Kier alpha value is -2.12. The van der Waals surface area contributed by atoms with Crippen LogP contribution in [0.5, 0.6) is 5.75 Å². The third-order valence-electron chi connectivity index (χ3n) is 6.18. The Bertz CT molecular complexity index is 796. The number of β-lactam (4-membered cyclic amide) rings is 1. The van der Waals surface area contributed by atoms with E-state index in [-0.39, 0.29) is 11.9 Å². The van der Waals surface area contributed by atoms with Gasteiger partial charge in [0.2, 0.25) is 8.32 Å². The Balaban J connectivity index is 1.97. The van der Waals surface area contributed by atoms with Crippen LogP contribution in [-0.4, -0.2) is 32.4 Å². The molecule has 1 aromatic heterocycles. The maximum atomic E-state index is 13.3. The van der Waals surface area contributed by atoms with Gasteiger partial charge >= 0.3 is 0 Å². The third-order valence-corrected chi connectivity index (χ3v) is 12.3. The van der Waals surface area contributed by atoms with Crippen molar-refractivity contribution in [3.8, 4) is 5.75 Å². The van der Waals surface area contributed by atoms with E-state index in [9.17, 15) is 4.79 Å². The normalized spacial score (nSPS) is 19.9. The molecule has 7 heteroatoms. The molecule has 0 unspecified atom stereocenters. The zero-order valence-corrected chi connectivity index (χ0v) is 19.4. The van der Waals surface area contributed by atoms with Crippen LogP contribution in [0, 0.1) is 0 Å². The third kappa shape index (κ3) is 3.62. The lowest BCUT2D eigenvalue weighted by Gasteiger charge is -2.52. The summed E-state index contributed by atoms with van der Waals surface area (Å²) in [6.45, 7) is 13.3. The van der Waals surface area contributed by atoms with Gasteiger partial charge in [-0.05, 0) is 40.9 Å². The van der Waals surface area contributed by atoms with Crippen LogP contribution < -0.4 is 9.64 Å². The van der Waals surface area contributed by atoms with Crippen LogP contribution in [0.1, 0.15) is 53.3 Å². The number of ether oxygens (including phenoxy) is 1. The van der Waals surface area contributed by atoms with Crippen molar-refractivity contribution in [2.45, 2.75) is 70.3 Å². The molecule has 2 heterocycles. The minimum atomic E-state index is -2.23. The molecule has 29 heavy (non-hydrogen) atoms. The van der Waals surface area contributed by atoms with E-state index in [2.05, 4.69) is 46.5 Å². The Kier molecular flexibility index (Phi) is 6.19. The smallest absolute Gasteiger partial charge is 0.258 e. The molecule has 1 fully saturated rings. The molecule has 0 radical (unpaired) electrons. The molecule has 0 bridgehead atoms. The molecule has 0 spiro atoms. The summed E-state index contributed by atoms with van der Waals surface area (Å²) in [5.74, 6) is 1.36. The predicted molar refractivity (Wildman–Crippen MR) is 116 cm³/mol. The lowest BCUT2D eigenvalue weighted by atomic mass is 9.95. The molecule has 1 aliphatic rings. The second-order valence-corrected chi connectivity index (χ2v) is 14.0. The number of carbonyl (C=O) groups is 1. The summed E-state index contributed by atoms with van der Waals surface area (Å²) < 4.78 is 17.7. The number of methoxy groups -OCH3 is 1. The molecule has 3 rings (SSSR count). The van der Waals surface area contributed by atoms with E-state index >= 15 is 0 Å². The average Bonchev–Trinajstić information content (AvgIpc) is 3.19. The van der Waals surface area contributed by atoms with Gasteiger partial charge in [-0.3, -0.25) is 9.69 Å². The van der Waals surface area contributed by atoms with Gasteiger partial charge in [0.05, 0.1) is 13.3 Å². The standard InChI is InChI=1S/C22H32N2O4Si/c1-14(2)29(15(3)4,16(5)6)28-21-20(19-12-23-13-27-19)24(22(21)25)17-8-10-18(26-7)11-9-17/h8-16,20-21H,1-7H3/t20-,21+/m1/s1. The Morgan fingerprint density at radius 1 is 1.03 bits per heavy atom. The number of aromatic nitrogens is 1. The van der Waals surface area contributed by atoms with Gasteiger partial charge in [0, 0.05) is 5.69 Å². The number of oxazole rings is 1. The Morgan fingerprint density at radius 3 is 2.07 bits per heavy atom. The average molecular weight is 417 g/mol. The van der Waals surface area contributed by atoms with E-state index < -0.39 is 14.4 Å². The van der Waals surface area contributed by atoms with Crippen molar-refractivity contribution in [1.82, 2.24) is 4.98 Å². The molecule has 1 aliphatic heterocycles. The van der Waals surface area contributed by atoms with Gasteiger partial charge in [-0.25, -0.2) is 4.98 Å². The SMILES string of the molecule is COc1ccc(N2C(=O)[C@@H](O[Si](C(C)C)(C(C)C)C(C)C)[C@H]2c2cnco2)cc1. The number of anilines is 1. The molecule has 158 valence electrons. The van der Waals surface area contributed by atoms with Crippen LogP contribution in [0.15, 0.2) is 41.3 Å². The number of benzene rings is 1. The molecular formula is C22H32N2O4Si. The highest BCUT2D eigenvalue weighted by atomic mass is 28.4. The van der Waals surface area contributed by atoms with Crippen LogP contribution in [0.4, 0.5) is 5.69 Å². The minimum absolute atomic E-state index is 0.0320. The van der Waals surface area contributed by atoms with Crippen molar-refractivity contribution < 1.29 is 18.4 Å². The first-order valence-electron chi connectivity index (χ1n) is 10.3. The number of hydrogen-bond donors (Lipinski definition) is 0. The molecule has 2 atom stereocenters. The van der Waals surface area contributed by atoms with E-state index in [0.29, 0.717) is 22.4 Å². The zero-order chi connectivity index (χ0) is 21.3. The van der Waals surface area contributed by atoms with Gasteiger partial charge in [-0.2, -0.15) is 0 Å². The van der Waals surface area contributed by atoms with Crippen molar-refractivity contribution in [2.24, 2.45) is 0 Å². The first-order chi connectivity index (χ1) is 13.7. The summed E-state index contributed by atoms with van der Waals surface area (Å²) in [5.41, 5.74) is 1.96. The maximum absolute atomic E-state index is 13.3. The molecule has 0 aliphatic carbocycles. The van der Waals surface area contributed by atoms with Crippen LogP contribution in [0.25, 0.3) is 0 Å². The first kappa shape index (κ1) is 21.6. The van der Waals surface area contributed by atoms with E-state index in [1.54, 1.807) is 18.2 Å². The van der Waals surface area contributed by atoms with Crippen molar-refractivity contribution in [3.05, 3.63) is 42.6 Å². The Labute approximate surface area is 174 Å². The highest BCUT2D eigenvalue weighted by Crippen LogP contribution is 2.48. The van der Waals surface area contributed by atoms with Crippen molar-refractivity contribution in [3.63, 3.8) is 0 Å². The molecule has 1 saturated heterocycles. The second-order valence-electron chi connectivity index (χ2n) is 8.61. The largest absolute Gasteiger partial charge is 0.497 e. The topological polar surface area (TPSA) is 64.8 Å². The summed E-state index contributed by atoms with van der Waals surface area (Å²) >= 11 is 0. The minimum Gasteiger partial charge on any atom is -0.497 e. The van der Waals surface area contributed by atoms with Gasteiger partial charge < -0.3 is 13.6 Å². The number of rotatable bonds is 8. The highest BCUT2D eigenvalue weighted by molar-refractivity contribution is 6.77. The zero-order valence-electron chi connectivity index (χ0n) is 18.4. The number of hydrogen-bond acceptors (Lipinski definition) is 5. The quantitative estimate of drug-likeness (QED) is 0.430. The molecule has 0 saturated carbocycles. The summed E-state index contributed by atoms with van der Waals surface area (Å²) in [7, 11) is -0.607. The van der Waals surface area contributed by atoms with E-state index in [1.165, 1.54) is 6.39 Å². The summed E-state index contributed by atoms with van der Waals surface area (Å²) in [5, 5.41) is 0. The van der Waals surface area contributed by atoms with Gasteiger partial charge in [-0.15, -0.1) is 0 Å². The van der Waals surface area contributed by atoms with E-state index in [4.69, 9.17) is 13.6 Å². The molecular weight excluding hydrogens is 384 g/mol. The van der Waals surface area contributed by atoms with Gasteiger partial charge in [0.1, 0.15) is 17.6 Å². The summed E-state index contributed by atoms with van der Waals surface area (Å²) in [6, 6.07) is 7.15. The van der Waals surface area contributed by atoms with Gasteiger partial charge in [0.25, 0.3) is 5.91 Å². The highest BCUT2D eigenvalue weighted by Gasteiger charge is 2.57. The van der Waals surface area contributed by atoms with Crippen molar-refractivity contribution in [1.29, 1.82) is 0 Å². The predicted octanol–water partition coefficient (Wildman–Crippen LogP) is 5.33. The monoisotopic (exact) mass is 416 g/mol. The molecule has 6 nitrogen and oxygen atoms in total. The molecule has 0 N–H and O–H groups in total. The fourth-order valence-corrected chi connectivity index (χ4v) is 10.4. The molecule has 1 amide bonds. The number of nitrogens with zero attached hydrogens (tertiary/aromatic N) is 2. The van der Waals surface area contributed by atoms with Gasteiger partial charge in [0.15, 0.2) is 12.5 Å². The van der Waals surface area contributed by atoms with Crippen molar-refractivity contribution >= 4 is 19.9 Å². The lowest BCUT2D eigenvalue weighted by molar-refractivity contribution is -0.136. The van der Waals surface area contributed by atoms with Crippen molar-refractivity contribution in [2.75, 3.05) is 12.0 Å². The molecule has 1 aromatic carbocycles. The van der Waals surface area contributed by atoms with Crippen LogP contribution in [0.2, 0.25) is 16.6 Å². The van der Waals surface area contributed by atoms with Crippen LogP contribution in [0.3, 0.4) is 0 Å². The van der Waals surface area contributed by atoms with Crippen LogP contribution >= 0.6 is 0 Å².